The van der Waals surface area contributed by atoms with E-state index in [9.17, 15) is 5.26 Å². The molecule has 0 aliphatic heterocycles. The third-order valence-electron chi connectivity index (χ3n) is 3.71. The van der Waals surface area contributed by atoms with Crippen molar-refractivity contribution in [3.63, 3.8) is 0 Å². The third-order valence-corrected chi connectivity index (χ3v) is 8.03. The summed E-state index contributed by atoms with van der Waals surface area (Å²) in [5.74, 6) is 0.731. The number of benzene rings is 1. The van der Waals surface area contributed by atoms with E-state index < -0.39 is 8.32 Å². The molecule has 0 radical (unpaired) electrons. The number of hydrogen-bond acceptors (Lipinski definition) is 2. The third kappa shape index (κ3) is 3.71. The maximum Gasteiger partial charge on any atom is 0.250 e. The van der Waals surface area contributed by atoms with Crippen molar-refractivity contribution in [1.29, 1.82) is 5.26 Å². The average molecular weight is 273 g/mol. The first-order valence-corrected chi connectivity index (χ1v) is 9.45. The molecule has 1 aromatic rings. The fourth-order valence-corrected chi connectivity index (χ4v) is 2.49. The second-order valence-corrected chi connectivity index (χ2v) is 11.0. The Bertz CT molecular complexity index is 504. The van der Waals surface area contributed by atoms with Crippen LogP contribution in [0, 0.1) is 11.3 Å². The minimum Gasteiger partial charge on any atom is -0.542 e. The van der Waals surface area contributed by atoms with E-state index in [4.69, 9.17) is 4.43 Å². The van der Waals surface area contributed by atoms with Gasteiger partial charge in [-0.05, 0) is 25.1 Å². The molecule has 0 aliphatic carbocycles. The second kappa shape index (κ2) is 5.62. The van der Waals surface area contributed by atoms with Crippen molar-refractivity contribution in [1.82, 2.24) is 0 Å². The summed E-state index contributed by atoms with van der Waals surface area (Å²) >= 11 is 0. The number of hydrogen-bond donors (Lipinski definition) is 0. The fourth-order valence-electron chi connectivity index (χ4n) is 1.40. The largest absolute Gasteiger partial charge is 0.542 e. The summed E-state index contributed by atoms with van der Waals surface area (Å²) in [6.45, 7) is 12.8. The molecule has 2 nitrogen and oxygen atoms in total. The van der Waals surface area contributed by atoms with Gasteiger partial charge in [-0.15, -0.1) is 0 Å². The highest BCUT2D eigenvalue weighted by atomic mass is 28.4. The van der Waals surface area contributed by atoms with Gasteiger partial charge in [0.05, 0.1) is 11.6 Å². The lowest BCUT2D eigenvalue weighted by Gasteiger charge is -2.37. The molecule has 0 saturated carbocycles. The van der Waals surface area contributed by atoms with E-state index >= 15 is 0 Å². The van der Waals surface area contributed by atoms with Crippen LogP contribution in [0.15, 0.2) is 35.9 Å². The molecule has 0 amide bonds. The first-order valence-electron chi connectivity index (χ1n) is 6.54. The van der Waals surface area contributed by atoms with Crippen LogP contribution in [0.25, 0.3) is 5.76 Å². The van der Waals surface area contributed by atoms with Crippen molar-refractivity contribution >= 4 is 14.1 Å². The molecule has 0 fully saturated rings. The maximum absolute atomic E-state index is 9.19. The van der Waals surface area contributed by atoms with Crippen molar-refractivity contribution in [3.8, 4) is 6.07 Å². The fraction of sp³-hybridized carbons (Fsp3) is 0.438. The van der Waals surface area contributed by atoms with Crippen LogP contribution in [0.1, 0.15) is 33.3 Å². The van der Waals surface area contributed by atoms with Crippen molar-refractivity contribution in [3.05, 3.63) is 41.5 Å². The van der Waals surface area contributed by atoms with Gasteiger partial charge in [0, 0.05) is 5.56 Å². The van der Waals surface area contributed by atoms with Crippen LogP contribution in [0.5, 0.6) is 0 Å². The molecular formula is C16H23NOSi. The molecule has 3 heteroatoms. The lowest BCUT2D eigenvalue weighted by atomic mass is 10.1. The zero-order chi connectivity index (χ0) is 14.7. The van der Waals surface area contributed by atoms with Gasteiger partial charge < -0.3 is 4.43 Å². The minimum absolute atomic E-state index is 0.114. The van der Waals surface area contributed by atoms with Crippen molar-refractivity contribution < 1.29 is 4.43 Å². The van der Waals surface area contributed by atoms with E-state index in [1.807, 2.05) is 37.3 Å². The molecule has 0 atom stereocenters. The summed E-state index contributed by atoms with van der Waals surface area (Å²) in [6, 6.07) is 12.1. The summed E-state index contributed by atoms with van der Waals surface area (Å²) in [7, 11) is -1.94. The highest BCUT2D eigenvalue weighted by Gasteiger charge is 2.39. The Kier molecular flexibility index (Phi) is 4.59. The molecule has 0 N–H and O–H groups in total. The van der Waals surface area contributed by atoms with Crippen LogP contribution >= 0.6 is 0 Å². The Hall–Kier alpha value is -1.53. The number of allylic oxidation sites excluding steroid dienone is 1. The summed E-state index contributed by atoms with van der Waals surface area (Å²) in [6.07, 6.45) is 0. The van der Waals surface area contributed by atoms with Gasteiger partial charge in [-0.3, -0.25) is 0 Å². The Labute approximate surface area is 117 Å². The quantitative estimate of drug-likeness (QED) is 0.443. The van der Waals surface area contributed by atoms with Crippen molar-refractivity contribution in [2.75, 3.05) is 0 Å². The van der Waals surface area contributed by atoms with E-state index in [2.05, 4.69) is 39.9 Å². The van der Waals surface area contributed by atoms with Crippen LogP contribution in [0.2, 0.25) is 18.1 Å². The number of nitriles is 1. The van der Waals surface area contributed by atoms with Gasteiger partial charge in [0.1, 0.15) is 5.76 Å². The molecule has 102 valence electrons. The Morgan fingerprint density at radius 2 is 1.68 bits per heavy atom. The van der Waals surface area contributed by atoms with Gasteiger partial charge in [-0.2, -0.15) is 5.26 Å². The predicted molar refractivity (Wildman–Crippen MR) is 82.9 cm³/mol. The first-order chi connectivity index (χ1) is 8.69. The van der Waals surface area contributed by atoms with Crippen LogP contribution in [0.3, 0.4) is 0 Å². The van der Waals surface area contributed by atoms with Gasteiger partial charge in [-0.25, -0.2) is 0 Å². The molecule has 1 rings (SSSR count). The van der Waals surface area contributed by atoms with Crippen LogP contribution in [-0.4, -0.2) is 8.32 Å². The van der Waals surface area contributed by atoms with E-state index in [1.165, 1.54) is 0 Å². The zero-order valence-corrected chi connectivity index (χ0v) is 13.7. The zero-order valence-electron chi connectivity index (χ0n) is 12.7. The number of rotatable bonds is 3. The van der Waals surface area contributed by atoms with E-state index in [0.29, 0.717) is 5.57 Å². The van der Waals surface area contributed by atoms with Gasteiger partial charge >= 0.3 is 0 Å². The van der Waals surface area contributed by atoms with Crippen molar-refractivity contribution in [2.24, 2.45) is 0 Å². The highest BCUT2D eigenvalue weighted by Crippen LogP contribution is 2.40. The van der Waals surface area contributed by atoms with Crippen molar-refractivity contribution in [2.45, 2.75) is 45.8 Å². The smallest absolute Gasteiger partial charge is 0.250 e. The molecule has 0 spiro atoms. The van der Waals surface area contributed by atoms with E-state index in [1.54, 1.807) is 0 Å². The molecule has 0 bridgehead atoms. The second-order valence-electron chi connectivity index (χ2n) is 6.29. The molecule has 0 aliphatic rings. The van der Waals surface area contributed by atoms with Crippen LogP contribution in [0.4, 0.5) is 0 Å². The van der Waals surface area contributed by atoms with Gasteiger partial charge in [0.25, 0.3) is 8.32 Å². The SMILES string of the molecule is C/C(C#N)=C(/O[Si](C)(C)C(C)(C)C)c1ccccc1. The predicted octanol–water partition coefficient (Wildman–Crippen LogP) is 4.96. The Balaban J connectivity index is 3.22. The molecule has 1 aromatic carbocycles. The average Bonchev–Trinajstić information content (AvgIpc) is 2.35. The minimum atomic E-state index is -1.94. The van der Waals surface area contributed by atoms with Crippen LogP contribution < -0.4 is 0 Å². The summed E-state index contributed by atoms with van der Waals surface area (Å²) in [4.78, 5) is 0. The summed E-state index contributed by atoms with van der Waals surface area (Å²) in [5, 5.41) is 9.31. The summed E-state index contributed by atoms with van der Waals surface area (Å²) < 4.78 is 6.34. The molecule has 0 heterocycles. The first kappa shape index (κ1) is 15.5. The molecule has 19 heavy (non-hydrogen) atoms. The Morgan fingerprint density at radius 3 is 2.11 bits per heavy atom. The van der Waals surface area contributed by atoms with Gasteiger partial charge in [0.2, 0.25) is 0 Å². The molecule has 0 saturated heterocycles. The van der Waals surface area contributed by atoms with E-state index in [0.717, 1.165) is 11.3 Å². The lowest BCUT2D eigenvalue weighted by Crippen LogP contribution is -2.40. The maximum atomic E-state index is 9.19. The van der Waals surface area contributed by atoms with Gasteiger partial charge in [-0.1, -0.05) is 51.1 Å². The highest BCUT2D eigenvalue weighted by molar-refractivity contribution is 6.74. The van der Waals surface area contributed by atoms with Crippen LogP contribution in [-0.2, 0) is 4.43 Å². The number of nitrogens with zero attached hydrogens (tertiary/aromatic N) is 1. The topological polar surface area (TPSA) is 33.0 Å². The molecule has 0 aromatic heterocycles. The standard InChI is InChI=1S/C16H23NOSi/c1-13(12-17)15(14-10-8-7-9-11-14)18-19(5,6)16(2,3)4/h7-11H,1-6H3/b15-13-. The molecule has 0 unspecified atom stereocenters. The van der Waals surface area contributed by atoms with E-state index in [-0.39, 0.29) is 5.04 Å². The normalized spacial score (nSPS) is 13.5. The summed E-state index contributed by atoms with van der Waals surface area (Å²) in [5.41, 5.74) is 1.61. The Morgan fingerprint density at radius 1 is 1.16 bits per heavy atom. The lowest BCUT2D eigenvalue weighted by molar-refractivity contribution is 0.455. The van der Waals surface area contributed by atoms with Gasteiger partial charge in [0.15, 0.2) is 0 Å². The monoisotopic (exact) mass is 273 g/mol. The molecular weight excluding hydrogens is 250 g/mol.